The number of amides is 1. The zero-order valence-electron chi connectivity index (χ0n) is 13.6. The summed E-state index contributed by atoms with van der Waals surface area (Å²) in [6.07, 6.45) is -1.26. The highest BCUT2D eigenvalue weighted by Gasteiger charge is 2.24. The fourth-order valence-corrected chi connectivity index (χ4v) is 2.06. The van der Waals surface area contributed by atoms with Crippen molar-refractivity contribution in [3.8, 4) is 0 Å². The standard InChI is InChI=1S/C16H19ClFNO5/c1-16(2,3)24-15(23)19-12(14(21)22)4-5-13(20)9-6-10(17)8-11(18)7-9/h6-8,12H,4-5H2,1-3H3,(H,19,23)(H,21,22). The van der Waals surface area contributed by atoms with Crippen molar-refractivity contribution in [1.82, 2.24) is 5.32 Å². The number of rotatable bonds is 6. The minimum absolute atomic E-state index is 0.0430. The normalized spacial score (nSPS) is 12.4. The van der Waals surface area contributed by atoms with Crippen LogP contribution >= 0.6 is 11.6 Å². The van der Waals surface area contributed by atoms with Gasteiger partial charge in [0.1, 0.15) is 17.5 Å². The SMILES string of the molecule is CC(C)(C)OC(=O)NC(CCC(=O)c1cc(F)cc(Cl)c1)C(=O)O. The maximum absolute atomic E-state index is 13.2. The van der Waals surface area contributed by atoms with Gasteiger partial charge >= 0.3 is 12.1 Å². The molecule has 0 radical (unpaired) electrons. The van der Waals surface area contributed by atoms with E-state index in [2.05, 4.69) is 5.32 Å². The van der Waals surface area contributed by atoms with E-state index in [1.165, 1.54) is 6.07 Å². The molecule has 132 valence electrons. The van der Waals surface area contributed by atoms with Crippen LogP contribution in [-0.4, -0.2) is 34.6 Å². The molecule has 2 N–H and O–H groups in total. The summed E-state index contributed by atoms with van der Waals surface area (Å²) in [5, 5.41) is 11.4. The van der Waals surface area contributed by atoms with Crippen LogP contribution in [0.2, 0.25) is 5.02 Å². The average Bonchev–Trinajstić information content (AvgIpc) is 2.39. The summed E-state index contributed by atoms with van der Waals surface area (Å²) in [7, 11) is 0. The summed E-state index contributed by atoms with van der Waals surface area (Å²) in [6, 6.07) is 2.07. The number of carbonyl (C=O) groups excluding carboxylic acids is 2. The lowest BCUT2D eigenvalue weighted by atomic mass is 10.0. The third-order valence-corrected chi connectivity index (χ3v) is 3.05. The minimum atomic E-state index is -1.30. The first-order valence-corrected chi connectivity index (χ1v) is 7.57. The number of benzene rings is 1. The highest BCUT2D eigenvalue weighted by atomic mass is 35.5. The molecule has 0 aromatic heterocycles. The monoisotopic (exact) mass is 359 g/mol. The number of carboxylic acid groups (broad SMARTS) is 1. The molecule has 1 rings (SSSR count). The number of ketones is 1. The van der Waals surface area contributed by atoms with E-state index >= 15 is 0 Å². The van der Waals surface area contributed by atoms with Crippen LogP contribution in [0.4, 0.5) is 9.18 Å². The number of alkyl carbamates (subject to hydrolysis) is 1. The number of nitrogens with one attached hydrogen (secondary N) is 1. The first-order valence-electron chi connectivity index (χ1n) is 7.19. The highest BCUT2D eigenvalue weighted by molar-refractivity contribution is 6.31. The molecule has 1 amide bonds. The second kappa shape index (κ2) is 8.10. The quantitative estimate of drug-likeness (QED) is 0.759. The van der Waals surface area contributed by atoms with E-state index in [4.69, 9.17) is 21.4 Å². The summed E-state index contributed by atoms with van der Waals surface area (Å²) in [4.78, 5) is 34.9. The zero-order chi connectivity index (χ0) is 18.5. The maximum Gasteiger partial charge on any atom is 0.408 e. The molecule has 1 unspecified atom stereocenters. The Morgan fingerprint density at radius 1 is 1.29 bits per heavy atom. The van der Waals surface area contributed by atoms with Crippen LogP contribution in [-0.2, 0) is 9.53 Å². The zero-order valence-corrected chi connectivity index (χ0v) is 14.3. The van der Waals surface area contributed by atoms with E-state index in [-0.39, 0.29) is 23.4 Å². The van der Waals surface area contributed by atoms with Gasteiger partial charge in [-0.2, -0.15) is 0 Å². The van der Waals surface area contributed by atoms with Crippen LogP contribution in [0.15, 0.2) is 18.2 Å². The van der Waals surface area contributed by atoms with Gasteiger partial charge in [-0.15, -0.1) is 0 Å². The second-order valence-corrected chi connectivity index (χ2v) is 6.59. The molecule has 0 fully saturated rings. The van der Waals surface area contributed by atoms with Gasteiger partial charge in [0, 0.05) is 17.0 Å². The van der Waals surface area contributed by atoms with Crippen molar-refractivity contribution in [1.29, 1.82) is 0 Å². The summed E-state index contributed by atoms with van der Waals surface area (Å²) in [5.74, 6) is -2.44. The Bertz CT molecular complexity index is 622. The van der Waals surface area contributed by atoms with E-state index in [0.29, 0.717) is 0 Å². The van der Waals surface area contributed by atoms with E-state index in [9.17, 15) is 18.8 Å². The molecule has 0 aliphatic carbocycles. The Labute approximate surface area is 143 Å². The molecule has 0 aliphatic rings. The van der Waals surface area contributed by atoms with E-state index < -0.39 is 35.3 Å². The van der Waals surface area contributed by atoms with Crippen molar-refractivity contribution in [3.63, 3.8) is 0 Å². The molecule has 0 bridgehead atoms. The number of aliphatic carboxylic acids is 1. The number of carbonyl (C=O) groups is 3. The molecule has 0 aliphatic heterocycles. The van der Waals surface area contributed by atoms with Crippen LogP contribution in [0.3, 0.4) is 0 Å². The molecular formula is C16H19ClFNO5. The van der Waals surface area contributed by atoms with Gasteiger partial charge < -0.3 is 15.2 Å². The van der Waals surface area contributed by atoms with E-state index in [1.54, 1.807) is 20.8 Å². The Morgan fingerprint density at radius 3 is 2.42 bits per heavy atom. The van der Waals surface area contributed by atoms with Gasteiger partial charge in [-0.25, -0.2) is 14.0 Å². The van der Waals surface area contributed by atoms with Crippen molar-refractivity contribution in [2.24, 2.45) is 0 Å². The first-order chi connectivity index (χ1) is 11.0. The topological polar surface area (TPSA) is 92.7 Å². The van der Waals surface area contributed by atoms with Crippen LogP contribution in [0, 0.1) is 5.82 Å². The molecule has 1 aromatic rings. The smallest absolute Gasteiger partial charge is 0.408 e. The maximum atomic E-state index is 13.2. The fraction of sp³-hybridized carbons (Fsp3) is 0.438. The number of carboxylic acids is 1. The van der Waals surface area contributed by atoms with Gasteiger partial charge in [-0.3, -0.25) is 4.79 Å². The predicted molar refractivity (Wildman–Crippen MR) is 85.8 cm³/mol. The largest absolute Gasteiger partial charge is 0.480 e. The van der Waals surface area contributed by atoms with Gasteiger partial charge in [0.15, 0.2) is 5.78 Å². The Balaban J connectivity index is 2.68. The molecule has 0 heterocycles. The first kappa shape index (κ1) is 19.9. The highest BCUT2D eigenvalue weighted by Crippen LogP contribution is 2.16. The van der Waals surface area contributed by atoms with Gasteiger partial charge in [0.2, 0.25) is 0 Å². The van der Waals surface area contributed by atoms with Crippen LogP contribution in [0.5, 0.6) is 0 Å². The number of ether oxygens (including phenoxy) is 1. The van der Waals surface area contributed by atoms with Gasteiger partial charge in [0.05, 0.1) is 0 Å². The Kier molecular flexibility index (Phi) is 6.71. The lowest BCUT2D eigenvalue weighted by Crippen LogP contribution is -2.43. The molecule has 24 heavy (non-hydrogen) atoms. The van der Waals surface area contributed by atoms with Crippen LogP contribution < -0.4 is 5.32 Å². The summed E-state index contributed by atoms with van der Waals surface area (Å²) in [6.45, 7) is 4.92. The van der Waals surface area contributed by atoms with Crippen molar-refractivity contribution in [3.05, 3.63) is 34.6 Å². The number of hydrogen-bond acceptors (Lipinski definition) is 4. The van der Waals surface area contributed by atoms with Crippen molar-refractivity contribution >= 4 is 29.4 Å². The molecule has 1 atom stereocenters. The molecular weight excluding hydrogens is 341 g/mol. The van der Waals surface area contributed by atoms with Gasteiger partial charge in [-0.1, -0.05) is 11.6 Å². The molecule has 0 saturated heterocycles. The Hall–Kier alpha value is -2.15. The lowest BCUT2D eigenvalue weighted by Gasteiger charge is -2.21. The summed E-state index contributed by atoms with van der Waals surface area (Å²) >= 11 is 5.68. The van der Waals surface area contributed by atoms with Crippen molar-refractivity contribution < 1.29 is 28.6 Å². The molecule has 0 spiro atoms. The molecule has 8 heteroatoms. The third-order valence-electron chi connectivity index (χ3n) is 2.83. The Morgan fingerprint density at radius 2 is 1.92 bits per heavy atom. The average molecular weight is 360 g/mol. The molecule has 6 nitrogen and oxygen atoms in total. The fourth-order valence-electron chi connectivity index (χ4n) is 1.84. The van der Waals surface area contributed by atoms with E-state index in [0.717, 1.165) is 12.1 Å². The predicted octanol–water partition coefficient (Wildman–Crippen LogP) is 3.42. The van der Waals surface area contributed by atoms with Gasteiger partial charge in [-0.05, 0) is 45.4 Å². The lowest BCUT2D eigenvalue weighted by molar-refractivity contribution is -0.139. The summed E-state index contributed by atoms with van der Waals surface area (Å²) < 4.78 is 18.2. The number of hydrogen-bond donors (Lipinski definition) is 2. The second-order valence-electron chi connectivity index (χ2n) is 6.16. The molecule has 0 saturated carbocycles. The van der Waals surface area contributed by atoms with Crippen LogP contribution in [0.1, 0.15) is 44.0 Å². The number of halogens is 2. The summed E-state index contributed by atoms with van der Waals surface area (Å²) in [5.41, 5.74) is -0.734. The third kappa shape index (κ3) is 6.95. The van der Waals surface area contributed by atoms with Crippen LogP contribution in [0.25, 0.3) is 0 Å². The van der Waals surface area contributed by atoms with Crippen molar-refractivity contribution in [2.45, 2.75) is 45.3 Å². The minimum Gasteiger partial charge on any atom is -0.480 e. The van der Waals surface area contributed by atoms with Gasteiger partial charge in [0.25, 0.3) is 0 Å². The van der Waals surface area contributed by atoms with Crippen molar-refractivity contribution in [2.75, 3.05) is 0 Å². The van der Waals surface area contributed by atoms with E-state index in [1.807, 2.05) is 0 Å². The number of Topliss-reactive ketones (excluding diaryl/α,β-unsaturated/α-hetero) is 1. The molecule has 1 aromatic carbocycles.